The maximum absolute atomic E-state index is 12.7. The normalized spacial score (nSPS) is 13.8. The number of hydrogen-bond donors (Lipinski definition) is 1. The van der Waals surface area contributed by atoms with E-state index in [9.17, 15) is 13.2 Å². The fourth-order valence-electron chi connectivity index (χ4n) is 3.27. The zero-order chi connectivity index (χ0) is 20.7. The Labute approximate surface area is 166 Å². The standard InChI is InChI=1S/C24H30F3N/c1-5-19-6-10-21(11-7-19)18(4)15-23(14-17(2)3)28-16-20-8-12-22(13-9-20)24(25,26)27/h6-14,18,23,28H,5,15-16H2,1-4H3/t18-,23?/m0/s1. The summed E-state index contributed by atoms with van der Waals surface area (Å²) in [5, 5.41) is 3.49. The van der Waals surface area contributed by atoms with Crippen LogP contribution >= 0.6 is 0 Å². The van der Waals surface area contributed by atoms with E-state index in [-0.39, 0.29) is 6.04 Å². The zero-order valence-electron chi connectivity index (χ0n) is 17.1. The number of halogens is 3. The van der Waals surface area contributed by atoms with Gasteiger partial charge in [0.2, 0.25) is 0 Å². The van der Waals surface area contributed by atoms with Gasteiger partial charge < -0.3 is 5.32 Å². The summed E-state index contributed by atoms with van der Waals surface area (Å²) in [5.41, 5.74) is 4.10. The van der Waals surface area contributed by atoms with Crippen molar-refractivity contribution in [3.05, 3.63) is 82.4 Å². The SMILES string of the molecule is CCc1ccc([C@@H](C)CC(C=C(C)C)NCc2ccc(C(F)(F)F)cc2)cc1. The van der Waals surface area contributed by atoms with Crippen LogP contribution in [0, 0.1) is 0 Å². The number of aryl methyl sites for hydroxylation is 1. The van der Waals surface area contributed by atoms with Gasteiger partial charge in [0.25, 0.3) is 0 Å². The minimum Gasteiger partial charge on any atom is -0.306 e. The van der Waals surface area contributed by atoms with Crippen molar-refractivity contribution in [3.8, 4) is 0 Å². The second-order valence-electron chi connectivity index (χ2n) is 7.66. The van der Waals surface area contributed by atoms with E-state index in [2.05, 4.69) is 63.4 Å². The van der Waals surface area contributed by atoms with Crippen molar-refractivity contribution < 1.29 is 13.2 Å². The van der Waals surface area contributed by atoms with Crippen molar-refractivity contribution >= 4 is 0 Å². The van der Waals surface area contributed by atoms with Crippen LogP contribution < -0.4 is 5.32 Å². The molecule has 0 spiro atoms. The molecule has 0 aromatic heterocycles. The second-order valence-corrected chi connectivity index (χ2v) is 7.66. The molecule has 0 aliphatic carbocycles. The van der Waals surface area contributed by atoms with Crippen molar-refractivity contribution in [3.63, 3.8) is 0 Å². The van der Waals surface area contributed by atoms with Crippen LogP contribution in [0.25, 0.3) is 0 Å². The first kappa shape index (κ1) is 22.2. The second kappa shape index (κ2) is 9.92. The van der Waals surface area contributed by atoms with Crippen molar-refractivity contribution in [2.24, 2.45) is 0 Å². The number of nitrogens with one attached hydrogen (secondary N) is 1. The quantitative estimate of drug-likeness (QED) is 0.485. The van der Waals surface area contributed by atoms with E-state index >= 15 is 0 Å². The monoisotopic (exact) mass is 389 g/mol. The molecule has 0 aliphatic heterocycles. The number of benzene rings is 2. The molecule has 0 bridgehead atoms. The molecule has 2 aromatic rings. The van der Waals surface area contributed by atoms with Crippen molar-refractivity contribution in [2.75, 3.05) is 0 Å². The summed E-state index contributed by atoms with van der Waals surface area (Å²) in [6, 6.07) is 14.3. The van der Waals surface area contributed by atoms with Gasteiger partial charge in [-0.2, -0.15) is 13.2 Å². The number of rotatable bonds is 8. The van der Waals surface area contributed by atoms with E-state index in [0.717, 1.165) is 30.5 Å². The summed E-state index contributed by atoms with van der Waals surface area (Å²) < 4.78 is 38.1. The van der Waals surface area contributed by atoms with Crippen LogP contribution in [-0.4, -0.2) is 6.04 Å². The highest BCUT2D eigenvalue weighted by Crippen LogP contribution is 2.29. The van der Waals surface area contributed by atoms with Gasteiger partial charge in [0.1, 0.15) is 0 Å². The molecule has 2 aromatic carbocycles. The van der Waals surface area contributed by atoms with Gasteiger partial charge in [0.15, 0.2) is 0 Å². The highest BCUT2D eigenvalue weighted by atomic mass is 19.4. The third kappa shape index (κ3) is 6.83. The highest BCUT2D eigenvalue weighted by Gasteiger charge is 2.29. The molecular formula is C24H30F3N. The Kier molecular flexibility index (Phi) is 7.88. The summed E-state index contributed by atoms with van der Waals surface area (Å²) >= 11 is 0. The van der Waals surface area contributed by atoms with Gasteiger partial charge in [0, 0.05) is 12.6 Å². The fourth-order valence-corrected chi connectivity index (χ4v) is 3.27. The molecule has 2 atom stereocenters. The van der Waals surface area contributed by atoms with Crippen LogP contribution in [0.15, 0.2) is 60.2 Å². The Bertz CT molecular complexity index is 754. The molecule has 0 radical (unpaired) electrons. The maximum Gasteiger partial charge on any atom is 0.416 e. The third-order valence-electron chi connectivity index (χ3n) is 4.95. The number of alkyl halides is 3. The van der Waals surface area contributed by atoms with E-state index in [1.807, 2.05) is 0 Å². The molecule has 0 saturated carbocycles. The van der Waals surface area contributed by atoms with E-state index in [1.165, 1.54) is 16.7 Å². The molecule has 152 valence electrons. The molecule has 2 rings (SSSR count). The smallest absolute Gasteiger partial charge is 0.306 e. The van der Waals surface area contributed by atoms with Crippen molar-refractivity contribution in [2.45, 2.75) is 65.2 Å². The van der Waals surface area contributed by atoms with E-state index in [1.54, 1.807) is 12.1 Å². The number of allylic oxidation sites excluding steroid dienone is 1. The van der Waals surface area contributed by atoms with E-state index in [0.29, 0.717) is 12.5 Å². The Balaban J connectivity index is 2.01. The Morgan fingerprint density at radius 2 is 1.54 bits per heavy atom. The first-order chi connectivity index (χ1) is 13.2. The van der Waals surface area contributed by atoms with Crippen LogP contribution in [-0.2, 0) is 19.1 Å². The van der Waals surface area contributed by atoms with E-state index in [4.69, 9.17) is 0 Å². The predicted octanol–water partition coefficient (Wildman–Crippen LogP) is 6.89. The minimum absolute atomic E-state index is 0.160. The van der Waals surface area contributed by atoms with Crippen LogP contribution in [0.5, 0.6) is 0 Å². The minimum atomic E-state index is -4.29. The van der Waals surface area contributed by atoms with Gasteiger partial charge in [-0.1, -0.05) is 61.9 Å². The summed E-state index contributed by atoms with van der Waals surface area (Å²) in [4.78, 5) is 0. The summed E-state index contributed by atoms with van der Waals surface area (Å²) in [5.74, 6) is 0.381. The average Bonchev–Trinajstić information content (AvgIpc) is 2.65. The Morgan fingerprint density at radius 3 is 2.04 bits per heavy atom. The molecule has 28 heavy (non-hydrogen) atoms. The van der Waals surface area contributed by atoms with Gasteiger partial charge in [-0.15, -0.1) is 0 Å². The third-order valence-corrected chi connectivity index (χ3v) is 4.95. The summed E-state index contributed by atoms with van der Waals surface area (Å²) in [7, 11) is 0. The lowest BCUT2D eigenvalue weighted by molar-refractivity contribution is -0.137. The molecule has 1 N–H and O–H groups in total. The molecule has 1 nitrogen and oxygen atoms in total. The summed E-state index contributed by atoms with van der Waals surface area (Å²) in [6.07, 6.45) is -0.138. The lowest BCUT2D eigenvalue weighted by Crippen LogP contribution is -2.28. The van der Waals surface area contributed by atoms with E-state index < -0.39 is 11.7 Å². The van der Waals surface area contributed by atoms with Crippen molar-refractivity contribution in [1.82, 2.24) is 5.32 Å². The van der Waals surface area contributed by atoms with Gasteiger partial charge in [0.05, 0.1) is 5.56 Å². The highest BCUT2D eigenvalue weighted by molar-refractivity contribution is 5.26. The topological polar surface area (TPSA) is 12.0 Å². The molecule has 0 aliphatic rings. The first-order valence-electron chi connectivity index (χ1n) is 9.82. The van der Waals surface area contributed by atoms with Gasteiger partial charge in [-0.25, -0.2) is 0 Å². The van der Waals surface area contributed by atoms with Crippen LogP contribution in [0.4, 0.5) is 13.2 Å². The fraction of sp³-hybridized carbons (Fsp3) is 0.417. The van der Waals surface area contributed by atoms with Gasteiger partial charge >= 0.3 is 6.18 Å². The number of hydrogen-bond acceptors (Lipinski definition) is 1. The molecule has 0 heterocycles. The molecule has 0 fully saturated rings. The molecule has 0 saturated heterocycles. The van der Waals surface area contributed by atoms with Gasteiger partial charge in [-0.05, 0) is 61.4 Å². The maximum atomic E-state index is 12.7. The van der Waals surface area contributed by atoms with Crippen LogP contribution in [0.2, 0.25) is 0 Å². The van der Waals surface area contributed by atoms with Crippen molar-refractivity contribution in [1.29, 1.82) is 0 Å². The summed E-state index contributed by atoms with van der Waals surface area (Å²) in [6.45, 7) is 9.02. The van der Waals surface area contributed by atoms with Crippen LogP contribution in [0.1, 0.15) is 62.3 Å². The lowest BCUT2D eigenvalue weighted by atomic mass is 9.92. The largest absolute Gasteiger partial charge is 0.416 e. The average molecular weight is 390 g/mol. The molecule has 4 heteroatoms. The Hall–Kier alpha value is -2.07. The Morgan fingerprint density at radius 1 is 0.964 bits per heavy atom. The van der Waals surface area contributed by atoms with Crippen LogP contribution in [0.3, 0.4) is 0 Å². The molecule has 0 amide bonds. The first-order valence-corrected chi connectivity index (χ1v) is 9.82. The lowest BCUT2D eigenvalue weighted by Gasteiger charge is -2.21. The molecular weight excluding hydrogens is 359 g/mol. The zero-order valence-corrected chi connectivity index (χ0v) is 17.1. The van der Waals surface area contributed by atoms with Gasteiger partial charge in [-0.3, -0.25) is 0 Å². The predicted molar refractivity (Wildman–Crippen MR) is 110 cm³/mol. The molecule has 1 unspecified atom stereocenters.